The number of halogens is 2. The maximum Gasteiger partial charge on any atom is 0.129 e. The molecule has 2 rings (SSSR count). The number of hydrogen-bond donors (Lipinski definition) is 1. The van der Waals surface area contributed by atoms with Crippen molar-refractivity contribution < 1.29 is 4.39 Å². The summed E-state index contributed by atoms with van der Waals surface area (Å²) >= 11 is 3.25. The number of rotatable bonds is 4. The number of aromatic nitrogens is 2. The average molecular weight is 312 g/mol. The molecular weight excluding hydrogens is 297 g/mol. The molecule has 18 heavy (non-hydrogen) atoms. The molecule has 1 atom stereocenters. The smallest absolute Gasteiger partial charge is 0.129 e. The van der Waals surface area contributed by atoms with E-state index >= 15 is 0 Å². The molecule has 0 bridgehead atoms. The average Bonchev–Trinajstić information content (AvgIpc) is 2.69. The molecule has 0 saturated carbocycles. The summed E-state index contributed by atoms with van der Waals surface area (Å²) in [4.78, 5) is 4.25. The Bertz CT molecular complexity index is 537. The van der Waals surface area contributed by atoms with E-state index in [1.165, 1.54) is 6.07 Å². The van der Waals surface area contributed by atoms with Gasteiger partial charge in [0.15, 0.2) is 0 Å². The topological polar surface area (TPSA) is 43.8 Å². The fourth-order valence-corrected chi connectivity index (χ4v) is 2.13. The summed E-state index contributed by atoms with van der Waals surface area (Å²) in [6, 6.07) is 5.12. The first kappa shape index (κ1) is 13.2. The van der Waals surface area contributed by atoms with Crippen molar-refractivity contribution in [1.29, 1.82) is 0 Å². The molecular formula is C13H15BrFN3. The van der Waals surface area contributed by atoms with E-state index in [4.69, 9.17) is 5.73 Å². The predicted octanol–water partition coefficient (Wildman–Crippen LogP) is 2.72. The molecule has 3 nitrogen and oxygen atoms in total. The molecule has 1 aromatic heterocycles. The first-order valence-electron chi connectivity index (χ1n) is 5.76. The first-order valence-corrected chi connectivity index (χ1v) is 6.55. The molecule has 0 aliphatic heterocycles. The van der Waals surface area contributed by atoms with Crippen LogP contribution in [0.15, 0.2) is 35.1 Å². The highest BCUT2D eigenvalue weighted by molar-refractivity contribution is 9.10. The zero-order valence-electron chi connectivity index (χ0n) is 10.1. The van der Waals surface area contributed by atoms with Gasteiger partial charge in [0.2, 0.25) is 0 Å². The van der Waals surface area contributed by atoms with E-state index in [1.807, 2.05) is 23.8 Å². The van der Waals surface area contributed by atoms with Crippen LogP contribution in [0, 0.1) is 5.82 Å². The van der Waals surface area contributed by atoms with Crippen LogP contribution in [-0.2, 0) is 13.0 Å². The summed E-state index contributed by atoms with van der Waals surface area (Å²) in [6.07, 6.45) is 4.25. The third-order valence-electron chi connectivity index (χ3n) is 2.66. The van der Waals surface area contributed by atoms with E-state index in [0.717, 1.165) is 10.3 Å². The summed E-state index contributed by atoms with van der Waals surface area (Å²) in [7, 11) is 0. The summed E-state index contributed by atoms with van der Waals surface area (Å²) in [5.41, 5.74) is 6.40. The van der Waals surface area contributed by atoms with Crippen LogP contribution in [0.4, 0.5) is 4.39 Å². The third-order valence-corrected chi connectivity index (χ3v) is 3.16. The highest BCUT2D eigenvalue weighted by Crippen LogP contribution is 2.17. The zero-order valence-corrected chi connectivity index (χ0v) is 11.7. The number of nitrogens with two attached hydrogens (primary N) is 1. The minimum atomic E-state index is -0.218. The van der Waals surface area contributed by atoms with E-state index < -0.39 is 0 Å². The van der Waals surface area contributed by atoms with Gasteiger partial charge in [-0.1, -0.05) is 22.0 Å². The Morgan fingerprint density at radius 3 is 2.94 bits per heavy atom. The first-order chi connectivity index (χ1) is 8.56. The van der Waals surface area contributed by atoms with E-state index in [9.17, 15) is 4.39 Å². The van der Waals surface area contributed by atoms with Crippen LogP contribution in [0.25, 0.3) is 0 Å². The molecule has 96 valence electrons. The van der Waals surface area contributed by atoms with Gasteiger partial charge in [0.05, 0.1) is 6.54 Å². The standard InChI is InChI=1S/C13H15BrFN3/c1-9(16)6-13-17-4-5-18(13)8-10-2-3-11(14)7-12(10)15/h2-5,7,9H,6,8,16H2,1H3. The van der Waals surface area contributed by atoms with E-state index in [1.54, 1.807) is 12.3 Å². The van der Waals surface area contributed by atoms with Gasteiger partial charge < -0.3 is 10.3 Å². The van der Waals surface area contributed by atoms with Crippen molar-refractivity contribution in [2.75, 3.05) is 0 Å². The quantitative estimate of drug-likeness (QED) is 0.943. The second-order valence-electron chi connectivity index (χ2n) is 4.39. The van der Waals surface area contributed by atoms with Crippen LogP contribution in [0.2, 0.25) is 0 Å². The third kappa shape index (κ3) is 3.17. The van der Waals surface area contributed by atoms with Gasteiger partial charge in [-0.15, -0.1) is 0 Å². The Hall–Kier alpha value is -1.20. The van der Waals surface area contributed by atoms with Gasteiger partial charge in [0.1, 0.15) is 11.6 Å². The molecule has 2 N–H and O–H groups in total. The highest BCUT2D eigenvalue weighted by atomic mass is 79.9. The lowest BCUT2D eigenvalue weighted by Crippen LogP contribution is -2.20. The van der Waals surface area contributed by atoms with Crippen molar-refractivity contribution in [1.82, 2.24) is 9.55 Å². The monoisotopic (exact) mass is 311 g/mol. The Kier molecular flexibility index (Phi) is 4.14. The molecule has 0 saturated heterocycles. The van der Waals surface area contributed by atoms with Crippen LogP contribution < -0.4 is 5.73 Å². The predicted molar refractivity (Wildman–Crippen MR) is 72.8 cm³/mol. The van der Waals surface area contributed by atoms with Gasteiger partial charge >= 0.3 is 0 Å². The van der Waals surface area contributed by atoms with Crippen LogP contribution in [0.5, 0.6) is 0 Å². The van der Waals surface area contributed by atoms with Gasteiger partial charge in [-0.2, -0.15) is 0 Å². The second-order valence-corrected chi connectivity index (χ2v) is 5.30. The largest absolute Gasteiger partial charge is 0.330 e. The number of imidazole rings is 1. The molecule has 5 heteroatoms. The van der Waals surface area contributed by atoms with Crippen molar-refractivity contribution in [3.8, 4) is 0 Å². The van der Waals surface area contributed by atoms with E-state index in [0.29, 0.717) is 18.5 Å². The van der Waals surface area contributed by atoms with Gasteiger partial charge in [0.25, 0.3) is 0 Å². The Morgan fingerprint density at radius 2 is 2.28 bits per heavy atom. The Balaban J connectivity index is 2.21. The van der Waals surface area contributed by atoms with Gasteiger partial charge in [0, 0.05) is 34.9 Å². The Morgan fingerprint density at radius 1 is 1.50 bits per heavy atom. The molecule has 0 spiro atoms. The molecule has 2 aromatic rings. The fraction of sp³-hybridized carbons (Fsp3) is 0.308. The summed E-state index contributed by atoms with van der Waals surface area (Å²) < 4.78 is 16.4. The van der Waals surface area contributed by atoms with Crippen molar-refractivity contribution in [2.24, 2.45) is 5.73 Å². The Labute approximate surface area is 114 Å². The molecule has 0 aliphatic rings. The number of hydrogen-bond acceptors (Lipinski definition) is 2. The SMILES string of the molecule is CC(N)Cc1nccn1Cc1ccc(Br)cc1F. The minimum absolute atomic E-state index is 0.0425. The molecule has 0 amide bonds. The van der Waals surface area contributed by atoms with Crippen LogP contribution >= 0.6 is 15.9 Å². The van der Waals surface area contributed by atoms with Crippen molar-refractivity contribution in [3.05, 3.63) is 52.3 Å². The zero-order chi connectivity index (χ0) is 13.1. The molecule has 1 unspecified atom stereocenters. The molecule has 0 radical (unpaired) electrons. The van der Waals surface area contributed by atoms with Crippen LogP contribution in [0.3, 0.4) is 0 Å². The molecule has 1 heterocycles. The van der Waals surface area contributed by atoms with Crippen molar-refractivity contribution in [2.45, 2.75) is 25.9 Å². The van der Waals surface area contributed by atoms with Gasteiger partial charge in [-0.3, -0.25) is 0 Å². The van der Waals surface area contributed by atoms with Gasteiger partial charge in [-0.25, -0.2) is 9.37 Å². The van der Waals surface area contributed by atoms with Crippen LogP contribution in [0.1, 0.15) is 18.3 Å². The maximum absolute atomic E-state index is 13.7. The number of benzene rings is 1. The van der Waals surface area contributed by atoms with E-state index in [-0.39, 0.29) is 11.9 Å². The summed E-state index contributed by atoms with van der Waals surface area (Å²) in [6.45, 7) is 2.40. The molecule has 1 aromatic carbocycles. The highest BCUT2D eigenvalue weighted by Gasteiger charge is 2.08. The van der Waals surface area contributed by atoms with Crippen LogP contribution in [-0.4, -0.2) is 15.6 Å². The lowest BCUT2D eigenvalue weighted by molar-refractivity contribution is 0.587. The van der Waals surface area contributed by atoms with Gasteiger partial charge in [-0.05, 0) is 19.1 Å². The lowest BCUT2D eigenvalue weighted by atomic mass is 10.2. The lowest BCUT2D eigenvalue weighted by Gasteiger charge is -2.10. The van der Waals surface area contributed by atoms with Crippen molar-refractivity contribution >= 4 is 15.9 Å². The maximum atomic E-state index is 13.7. The minimum Gasteiger partial charge on any atom is -0.330 e. The fourth-order valence-electron chi connectivity index (χ4n) is 1.80. The molecule has 0 aliphatic carbocycles. The van der Waals surface area contributed by atoms with E-state index in [2.05, 4.69) is 20.9 Å². The summed E-state index contributed by atoms with van der Waals surface area (Å²) in [5.74, 6) is 0.664. The summed E-state index contributed by atoms with van der Waals surface area (Å²) in [5, 5.41) is 0. The van der Waals surface area contributed by atoms with Crippen molar-refractivity contribution in [3.63, 3.8) is 0 Å². The molecule has 0 fully saturated rings. The number of nitrogens with zero attached hydrogens (tertiary/aromatic N) is 2. The normalized spacial score (nSPS) is 12.7. The second kappa shape index (κ2) is 5.63.